The first-order chi connectivity index (χ1) is 11.6. The third-order valence-corrected chi connectivity index (χ3v) is 4.73. The zero-order chi connectivity index (χ0) is 16.9. The number of aryl methyl sites for hydroxylation is 1. The second-order valence-electron chi connectivity index (χ2n) is 6.75. The van der Waals surface area contributed by atoms with Crippen LogP contribution in [0, 0.1) is 6.92 Å². The molecule has 24 heavy (non-hydrogen) atoms. The molecule has 3 rings (SSSR count). The Morgan fingerprint density at radius 3 is 2.62 bits per heavy atom. The van der Waals surface area contributed by atoms with E-state index in [9.17, 15) is 9.59 Å². The van der Waals surface area contributed by atoms with Gasteiger partial charge in [0, 0.05) is 18.9 Å². The minimum atomic E-state index is -0.118. The van der Waals surface area contributed by atoms with Crippen LogP contribution in [0.1, 0.15) is 56.9 Å². The van der Waals surface area contributed by atoms with E-state index in [2.05, 4.69) is 10.4 Å². The van der Waals surface area contributed by atoms with Gasteiger partial charge in [-0.05, 0) is 37.5 Å². The highest BCUT2D eigenvalue weighted by Crippen LogP contribution is 2.22. The monoisotopic (exact) mass is 327 g/mol. The van der Waals surface area contributed by atoms with Gasteiger partial charge < -0.3 is 5.32 Å². The van der Waals surface area contributed by atoms with Crippen LogP contribution in [0.25, 0.3) is 0 Å². The maximum Gasteiger partial charge on any atom is 0.267 e. The summed E-state index contributed by atoms with van der Waals surface area (Å²) in [5.41, 5.74) is 2.24. The number of hydrogen-bond acceptors (Lipinski definition) is 3. The summed E-state index contributed by atoms with van der Waals surface area (Å²) in [6, 6.07) is 7.87. The maximum atomic E-state index is 12.5. The van der Waals surface area contributed by atoms with Crippen molar-refractivity contribution in [2.75, 3.05) is 5.01 Å². The average Bonchev–Trinajstić information content (AvgIpc) is 2.84. The molecule has 0 saturated heterocycles. The fourth-order valence-corrected chi connectivity index (χ4v) is 3.37. The summed E-state index contributed by atoms with van der Waals surface area (Å²) < 4.78 is 0. The predicted octanol–water partition coefficient (Wildman–Crippen LogP) is 3.32. The third-order valence-electron chi connectivity index (χ3n) is 4.73. The Bertz CT molecular complexity index is 646. The highest BCUT2D eigenvalue weighted by molar-refractivity contribution is 6.40. The van der Waals surface area contributed by atoms with Gasteiger partial charge in [-0.3, -0.25) is 9.59 Å². The summed E-state index contributed by atoms with van der Waals surface area (Å²) in [6.07, 6.45) is 7.67. The van der Waals surface area contributed by atoms with Crippen molar-refractivity contribution in [3.05, 3.63) is 29.8 Å². The van der Waals surface area contributed by atoms with E-state index in [-0.39, 0.29) is 17.9 Å². The summed E-state index contributed by atoms with van der Waals surface area (Å²) in [6.45, 7) is 1.97. The van der Waals surface area contributed by atoms with E-state index in [0.717, 1.165) is 24.1 Å². The first-order valence-electron chi connectivity index (χ1n) is 8.91. The number of rotatable bonds is 3. The van der Waals surface area contributed by atoms with Gasteiger partial charge in [-0.15, -0.1) is 0 Å². The lowest BCUT2D eigenvalue weighted by Crippen LogP contribution is -2.43. The Morgan fingerprint density at radius 2 is 1.92 bits per heavy atom. The molecular formula is C19H25N3O2. The Morgan fingerprint density at radius 1 is 1.17 bits per heavy atom. The van der Waals surface area contributed by atoms with Crippen molar-refractivity contribution in [2.24, 2.45) is 5.10 Å². The Hall–Kier alpha value is -2.17. The first kappa shape index (κ1) is 16.7. The summed E-state index contributed by atoms with van der Waals surface area (Å²) in [7, 11) is 0. The zero-order valence-corrected chi connectivity index (χ0v) is 14.3. The molecule has 1 aliphatic heterocycles. The van der Waals surface area contributed by atoms with Crippen LogP contribution >= 0.6 is 0 Å². The molecule has 0 spiro atoms. The van der Waals surface area contributed by atoms with Crippen LogP contribution in [0.3, 0.4) is 0 Å². The van der Waals surface area contributed by atoms with Gasteiger partial charge in [0.1, 0.15) is 5.71 Å². The Balaban J connectivity index is 1.73. The van der Waals surface area contributed by atoms with Gasteiger partial charge >= 0.3 is 0 Å². The molecule has 5 nitrogen and oxygen atoms in total. The number of anilines is 1. The third kappa shape index (κ3) is 4.02. The molecule has 0 aromatic heterocycles. The molecule has 0 radical (unpaired) electrons. The van der Waals surface area contributed by atoms with E-state index in [1.807, 2.05) is 31.2 Å². The maximum absolute atomic E-state index is 12.5. The van der Waals surface area contributed by atoms with Crippen LogP contribution in [0.15, 0.2) is 29.4 Å². The predicted molar refractivity (Wildman–Crippen MR) is 95.0 cm³/mol. The fraction of sp³-hybridized carbons (Fsp3) is 0.526. The summed E-state index contributed by atoms with van der Waals surface area (Å²) in [5.74, 6) is -0.182. The molecule has 128 valence electrons. The van der Waals surface area contributed by atoms with Crippen LogP contribution in [-0.4, -0.2) is 23.6 Å². The molecule has 0 atom stereocenters. The second-order valence-corrected chi connectivity index (χ2v) is 6.75. The lowest BCUT2D eigenvalue weighted by Gasteiger charge is -2.24. The number of hydrazone groups is 1. The van der Waals surface area contributed by atoms with Gasteiger partial charge in [0.05, 0.1) is 5.69 Å². The van der Waals surface area contributed by atoms with Gasteiger partial charge in [0.15, 0.2) is 0 Å². The van der Waals surface area contributed by atoms with E-state index < -0.39 is 0 Å². The van der Waals surface area contributed by atoms with Crippen LogP contribution in [-0.2, 0) is 9.59 Å². The molecule has 2 amide bonds. The quantitative estimate of drug-likeness (QED) is 0.866. The van der Waals surface area contributed by atoms with Gasteiger partial charge in [0.2, 0.25) is 5.91 Å². The van der Waals surface area contributed by atoms with E-state index >= 15 is 0 Å². The molecule has 1 aromatic rings. The average molecular weight is 327 g/mol. The zero-order valence-electron chi connectivity index (χ0n) is 14.3. The fourth-order valence-electron chi connectivity index (χ4n) is 3.37. The van der Waals surface area contributed by atoms with Gasteiger partial charge in [-0.2, -0.15) is 5.10 Å². The second kappa shape index (κ2) is 7.60. The highest BCUT2D eigenvalue weighted by atomic mass is 16.2. The number of hydrogen-bond donors (Lipinski definition) is 1. The molecule has 0 bridgehead atoms. The largest absolute Gasteiger partial charge is 0.348 e. The number of carbonyl (C=O) groups excluding carboxylic acids is 2. The van der Waals surface area contributed by atoms with Crippen molar-refractivity contribution >= 4 is 23.2 Å². The van der Waals surface area contributed by atoms with Crippen molar-refractivity contribution in [1.82, 2.24) is 5.32 Å². The van der Waals surface area contributed by atoms with E-state index in [0.29, 0.717) is 18.6 Å². The van der Waals surface area contributed by atoms with Crippen molar-refractivity contribution in [1.29, 1.82) is 0 Å². The first-order valence-corrected chi connectivity index (χ1v) is 8.91. The summed E-state index contributed by atoms with van der Waals surface area (Å²) >= 11 is 0. The molecule has 2 aliphatic rings. The van der Waals surface area contributed by atoms with Crippen molar-refractivity contribution in [2.45, 2.75) is 64.3 Å². The molecule has 1 aliphatic carbocycles. The molecule has 1 aromatic carbocycles. The molecule has 0 unspecified atom stereocenters. The normalized spacial score (nSPS) is 19.6. The minimum absolute atomic E-state index is 0.0633. The lowest BCUT2D eigenvalue weighted by atomic mass is 10.1. The van der Waals surface area contributed by atoms with E-state index in [4.69, 9.17) is 0 Å². The molecule has 5 heteroatoms. The van der Waals surface area contributed by atoms with Crippen LogP contribution in [0.4, 0.5) is 5.69 Å². The molecular weight excluding hydrogens is 302 g/mol. The number of amides is 2. The standard InChI is InChI=1S/C19H25N3O2/c1-14-7-6-10-16(13-14)22-18(23)12-11-17(21-22)19(24)20-15-8-4-2-3-5-9-15/h6-7,10,13,15H,2-5,8-9,11-12H2,1H3,(H,20,24). The van der Waals surface area contributed by atoms with E-state index in [1.54, 1.807) is 0 Å². The number of nitrogens with one attached hydrogen (secondary N) is 1. The number of benzene rings is 1. The Kier molecular flexibility index (Phi) is 5.28. The van der Waals surface area contributed by atoms with Crippen molar-refractivity contribution < 1.29 is 9.59 Å². The summed E-state index contributed by atoms with van der Waals surface area (Å²) in [5, 5.41) is 8.84. The smallest absolute Gasteiger partial charge is 0.267 e. The number of nitrogens with zero attached hydrogens (tertiary/aromatic N) is 2. The molecule has 1 heterocycles. The lowest BCUT2D eigenvalue weighted by molar-refractivity contribution is -0.119. The molecule has 1 N–H and O–H groups in total. The Labute approximate surface area is 143 Å². The highest BCUT2D eigenvalue weighted by Gasteiger charge is 2.27. The number of carbonyl (C=O) groups is 2. The van der Waals surface area contributed by atoms with Crippen molar-refractivity contribution in [3.63, 3.8) is 0 Å². The van der Waals surface area contributed by atoms with Crippen molar-refractivity contribution in [3.8, 4) is 0 Å². The SMILES string of the molecule is Cc1cccc(N2N=C(C(=O)NC3CCCCCC3)CCC2=O)c1. The van der Waals surface area contributed by atoms with Gasteiger partial charge in [-0.1, -0.05) is 37.8 Å². The molecule has 1 saturated carbocycles. The van der Waals surface area contributed by atoms with Gasteiger partial charge in [-0.25, -0.2) is 5.01 Å². The minimum Gasteiger partial charge on any atom is -0.348 e. The van der Waals surface area contributed by atoms with Crippen LogP contribution < -0.4 is 10.3 Å². The topological polar surface area (TPSA) is 61.8 Å². The van der Waals surface area contributed by atoms with E-state index in [1.165, 1.54) is 30.7 Å². The van der Waals surface area contributed by atoms with Gasteiger partial charge in [0.25, 0.3) is 5.91 Å². The van der Waals surface area contributed by atoms with Crippen LogP contribution in [0.5, 0.6) is 0 Å². The molecule has 1 fully saturated rings. The van der Waals surface area contributed by atoms with Crippen LogP contribution in [0.2, 0.25) is 0 Å². The summed E-state index contributed by atoms with van der Waals surface area (Å²) in [4.78, 5) is 24.7.